The van der Waals surface area contributed by atoms with E-state index in [4.69, 9.17) is 4.74 Å². The van der Waals surface area contributed by atoms with E-state index in [1.165, 1.54) is 7.11 Å². The Hall–Kier alpha value is -1.39. The van der Waals surface area contributed by atoms with Crippen LogP contribution in [0.25, 0.3) is 0 Å². The third-order valence-electron chi connectivity index (χ3n) is 3.94. The van der Waals surface area contributed by atoms with Crippen LogP contribution in [0.4, 0.5) is 0 Å². The maximum atomic E-state index is 11.7. The number of hydrogen-bond donors (Lipinski definition) is 0. The second-order valence-corrected chi connectivity index (χ2v) is 5.40. The predicted molar refractivity (Wildman–Crippen MR) is 80.0 cm³/mol. The van der Waals surface area contributed by atoms with Gasteiger partial charge < -0.3 is 14.5 Å². The van der Waals surface area contributed by atoms with Gasteiger partial charge in [0.05, 0.1) is 12.7 Å². The van der Waals surface area contributed by atoms with E-state index in [1.807, 2.05) is 24.3 Å². The molecule has 0 amide bonds. The number of carbonyl (C=O) groups is 1. The van der Waals surface area contributed by atoms with Crippen LogP contribution in [-0.2, 0) is 11.2 Å². The first kappa shape index (κ1) is 15.0. The SMILES string of the molecule is COC(=O)c1ccccc1CCCN1CCN(C)CC1. The van der Waals surface area contributed by atoms with Gasteiger partial charge in [0.15, 0.2) is 0 Å². The fourth-order valence-electron chi connectivity index (χ4n) is 2.61. The van der Waals surface area contributed by atoms with Crippen molar-refractivity contribution in [2.45, 2.75) is 12.8 Å². The number of esters is 1. The van der Waals surface area contributed by atoms with Crippen molar-refractivity contribution < 1.29 is 9.53 Å². The highest BCUT2D eigenvalue weighted by molar-refractivity contribution is 5.90. The van der Waals surface area contributed by atoms with Crippen LogP contribution >= 0.6 is 0 Å². The van der Waals surface area contributed by atoms with Gasteiger partial charge in [-0.15, -0.1) is 0 Å². The molecule has 1 aromatic carbocycles. The number of aryl methyl sites for hydroxylation is 1. The highest BCUT2D eigenvalue weighted by Crippen LogP contribution is 2.13. The number of benzene rings is 1. The quantitative estimate of drug-likeness (QED) is 0.766. The molecule has 2 rings (SSSR count). The van der Waals surface area contributed by atoms with Crippen molar-refractivity contribution in [1.82, 2.24) is 9.80 Å². The molecular formula is C16H24N2O2. The lowest BCUT2D eigenvalue weighted by molar-refractivity contribution is 0.0599. The molecule has 1 aliphatic rings. The molecule has 0 radical (unpaired) electrons. The standard InChI is InChI=1S/C16H24N2O2/c1-17-10-12-18(13-11-17)9-5-7-14-6-3-4-8-15(14)16(19)20-2/h3-4,6,8H,5,7,9-13H2,1-2H3. The van der Waals surface area contributed by atoms with Crippen molar-refractivity contribution in [2.24, 2.45) is 0 Å². The molecule has 0 unspecified atom stereocenters. The van der Waals surface area contributed by atoms with Crippen LogP contribution in [0.15, 0.2) is 24.3 Å². The molecule has 1 heterocycles. The molecule has 110 valence electrons. The maximum absolute atomic E-state index is 11.7. The Bertz CT molecular complexity index is 440. The molecular weight excluding hydrogens is 252 g/mol. The summed E-state index contributed by atoms with van der Waals surface area (Å²) in [6.07, 6.45) is 2.01. The fraction of sp³-hybridized carbons (Fsp3) is 0.562. The summed E-state index contributed by atoms with van der Waals surface area (Å²) >= 11 is 0. The van der Waals surface area contributed by atoms with E-state index in [1.54, 1.807) is 0 Å². The smallest absolute Gasteiger partial charge is 0.338 e. The molecule has 1 aromatic rings. The van der Waals surface area contributed by atoms with Crippen LogP contribution in [-0.4, -0.2) is 62.7 Å². The molecule has 0 saturated carbocycles. The van der Waals surface area contributed by atoms with E-state index in [-0.39, 0.29) is 5.97 Å². The third kappa shape index (κ3) is 4.05. The number of methoxy groups -OCH3 is 1. The van der Waals surface area contributed by atoms with Crippen molar-refractivity contribution in [3.05, 3.63) is 35.4 Å². The Balaban J connectivity index is 1.83. The molecule has 0 atom stereocenters. The topological polar surface area (TPSA) is 32.8 Å². The third-order valence-corrected chi connectivity index (χ3v) is 3.94. The number of likely N-dealkylation sites (N-methyl/N-ethyl adjacent to an activating group) is 1. The van der Waals surface area contributed by atoms with Crippen molar-refractivity contribution in [2.75, 3.05) is 46.9 Å². The normalized spacial score (nSPS) is 17.1. The molecule has 4 nitrogen and oxygen atoms in total. The van der Waals surface area contributed by atoms with Gasteiger partial charge in [-0.1, -0.05) is 18.2 Å². The summed E-state index contributed by atoms with van der Waals surface area (Å²) in [7, 11) is 3.60. The number of ether oxygens (including phenoxy) is 1. The van der Waals surface area contributed by atoms with E-state index in [0.717, 1.165) is 51.1 Å². The Morgan fingerprint density at radius 2 is 1.90 bits per heavy atom. The molecule has 1 fully saturated rings. The summed E-state index contributed by atoms with van der Waals surface area (Å²) in [6.45, 7) is 5.70. The average Bonchev–Trinajstić information content (AvgIpc) is 2.49. The van der Waals surface area contributed by atoms with Crippen molar-refractivity contribution in [3.8, 4) is 0 Å². The lowest BCUT2D eigenvalue weighted by atomic mass is 10.0. The van der Waals surface area contributed by atoms with Gasteiger partial charge in [0.2, 0.25) is 0 Å². The first-order chi connectivity index (χ1) is 9.70. The van der Waals surface area contributed by atoms with Crippen LogP contribution in [0.2, 0.25) is 0 Å². The van der Waals surface area contributed by atoms with E-state index in [9.17, 15) is 4.79 Å². The molecule has 1 saturated heterocycles. The van der Waals surface area contributed by atoms with Crippen molar-refractivity contribution in [3.63, 3.8) is 0 Å². The highest BCUT2D eigenvalue weighted by atomic mass is 16.5. The zero-order valence-corrected chi connectivity index (χ0v) is 12.5. The predicted octanol–water partition coefficient (Wildman–Crippen LogP) is 1.65. The molecule has 0 spiro atoms. The zero-order chi connectivity index (χ0) is 14.4. The summed E-state index contributed by atoms with van der Waals surface area (Å²) < 4.78 is 4.83. The van der Waals surface area contributed by atoms with Gasteiger partial charge in [-0.05, 0) is 38.1 Å². The molecule has 1 aliphatic heterocycles. The van der Waals surface area contributed by atoms with E-state index < -0.39 is 0 Å². The van der Waals surface area contributed by atoms with Gasteiger partial charge >= 0.3 is 5.97 Å². The maximum Gasteiger partial charge on any atom is 0.338 e. The van der Waals surface area contributed by atoms with Crippen LogP contribution in [0.1, 0.15) is 22.3 Å². The lowest BCUT2D eigenvalue weighted by Crippen LogP contribution is -2.44. The lowest BCUT2D eigenvalue weighted by Gasteiger charge is -2.32. The zero-order valence-electron chi connectivity index (χ0n) is 12.5. The number of nitrogens with zero attached hydrogens (tertiary/aromatic N) is 2. The summed E-state index contributed by atoms with van der Waals surface area (Å²) in [5, 5.41) is 0. The molecule has 0 N–H and O–H groups in total. The number of carbonyl (C=O) groups excluding carboxylic acids is 1. The Morgan fingerprint density at radius 3 is 2.60 bits per heavy atom. The van der Waals surface area contributed by atoms with Crippen LogP contribution < -0.4 is 0 Å². The molecule has 0 aromatic heterocycles. The van der Waals surface area contributed by atoms with Gasteiger partial charge in [-0.3, -0.25) is 0 Å². The minimum absolute atomic E-state index is 0.236. The van der Waals surface area contributed by atoms with Crippen LogP contribution in [0.3, 0.4) is 0 Å². The molecule has 0 bridgehead atoms. The number of hydrogen-bond acceptors (Lipinski definition) is 4. The number of rotatable bonds is 5. The average molecular weight is 276 g/mol. The number of piperazine rings is 1. The minimum atomic E-state index is -0.236. The Kier molecular flexibility index (Phi) is 5.56. The Morgan fingerprint density at radius 1 is 1.20 bits per heavy atom. The van der Waals surface area contributed by atoms with Gasteiger partial charge in [0.1, 0.15) is 0 Å². The van der Waals surface area contributed by atoms with Crippen LogP contribution in [0, 0.1) is 0 Å². The van der Waals surface area contributed by atoms with E-state index in [2.05, 4.69) is 16.8 Å². The van der Waals surface area contributed by atoms with E-state index >= 15 is 0 Å². The second-order valence-electron chi connectivity index (χ2n) is 5.40. The summed E-state index contributed by atoms with van der Waals surface area (Å²) in [5.41, 5.74) is 1.79. The van der Waals surface area contributed by atoms with Gasteiger partial charge in [-0.2, -0.15) is 0 Å². The van der Waals surface area contributed by atoms with Crippen LogP contribution in [0.5, 0.6) is 0 Å². The monoisotopic (exact) mass is 276 g/mol. The minimum Gasteiger partial charge on any atom is -0.465 e. The first-order valence-corrected chi connectivity index (χ1v) is 7.28. The summed E-state index contributed by atoms with van der Waals surface area (Å²) in [5.74, 6) is -0.236. The second kappa shape index (κ2) is 7.41. The van der Waals surface area contributed by atoms with Crippen molar-refractivity contribution >= 4 is 5.97 Å². The van der Waals surface area contributed by atoms with Gasteiger partial charge in [0, 0.05) is 26.2 Å². The molecule has 20 heavy (non-hydrogen) atoms. The van der Waals surface area contributed by atoms with Gasteiger partial charge in [0.25, 0.3) is 0 Å². The fourth-order valence-corrected chi connectivity index (χ4v) is 2.61. The van der Waals surface area contributed by atoms with E-state index in [0.29, 0.717) is 5.56 Å². The van der Waals surface area contributed by atoms with Gasteiger partial charge in [-0.25, -0.2) is 4.79 Å². The highest BCUT2D eigenvalue weighted by Gasteiger charge is 2.14. The summed E-state index contributed by atoms with van der Waals surface area (Å²) in [6, 6.07) is 7.74. The van der Waals surface area contributed by atoms with Crippen molar-refractivity contribution in [1.29, 1.82) is 0 Å². The Labute approximate surface area is 121 Å². The largest absolute Gasteiger partial charge is 0.465 e. The summed E-state index contributed by atoms with van der Waals surface area (Å²) in [4.78, 5) is 16.6. The first-order valence-electron chi connectivity index (χ1n) is 7.28. The molecule has 4 heteroatoms. The molecule has 0 aliphatic carbocycles.